The number of benzene rings is 2. The lowest BCUT2D eigenvalue weighted by atomic mass is 10.0. The van der Waals surface area contributed by atoms with Crippen molar-refractivity contribution in [2.75, 3.05) is 25.0 Å². The zero-order chi connectivity index (χ0) is 22.8. The minimum absolute atomic E-state index is 0.00702. The number of carbonyl (C=O) groups is 2. The number of halogens is 2. The molecule has 1 unspecified atom stereocenters. The van der Waals surface area contributed by atoms with E-state index in [1.807, 2.05) is 30.3 Å². The normalized spacial score (nSPS) is 21.4. The molecular weight excluding hydrogens is 418 g/mol. The summed E-state index contributed by atoms with van der Waals surface area (Å²) >= 11 is 0. The van der Waals surface area contributed by atoms with Gasteiger partial charge in [-0.3, -0.25) is 10.1 Å². The summed E-state index contributed by atoms with van der Waals surface area (Å²) in [5.41, 5.74) is 1.02. The maximum atomic E-state index is 14.7. The number of amides is 2. The van der Waals surface area contributed by atoms with Crippen molar-refractivity contribution in [2.45, 2.75) is 32.5 Å². The molecule has 32 heavy (non-hydrogen) atoms. The van der Waals surface area contributed by atoms with E-state index in [0.717, 1.165) is 17.7 Å². The molecule has 1 saturated carbocycles. The number of ether oxygens (including phenoxy) is 2. The average Bonchev–Trinajstić information content (AvgIpc) is 3.18. The molecule has 1 aliphatic heterocycles. The number of hydrogen-bond acceptors (Lipinski definition) is 4. The van der Waals surface area contributed by atoms with Crippen LogP contribution < -0.4 is 5.32 Å². The van der Waals surface area contributed by atoms with Crippen LogP contribution in [-0.4, -0.2) is 42.7 Å². The van der Waals surface area contributed by atoms with Gasteiger partial charge in [-0.1, -0.05) is 30.3 Å². The van der Waals surface area contributed by atoms with Crippen LogP contribution in [0.5, 0.6) is 0 Å². The highest BCUT2D eigenvalue weighted by Crippen LogP contribution is 2.59. The molecule has 2 aromatic carbocycles. The topological polar surface area (TPSA) is 67.9 Å². The van der Waals surface area contributed by atoms with Crippen molar-refractivity contribution in [3.63, 3.8) is 0 Å². The van der Waals surface area contributed by atoms with Crippen LogP contribution in [0.2, 0.25) is 0 Å². The van der Waals surface area contributed by atoms with Crippen molar-refractivity contribution in [1.29, 1.82) is 0 Å². The van der Waals surface area contributed by atoms with E-state index in [1.54, 1.807) is 18.7 Å². The smallest absolute Gasteiger partial charge is 0.411 e. The quantitative estimate of drug-likeness (QED) is 0.691. The first-order valence-corrected chi connectivity index (χ1v) is 10.7. The van der Waals surface area contributed by atoms with Gasteiger partial charge in [-0.25, -0.2) is 13.6 Å². The molecule has 4 rings (SSSR count). The lowest BCUT2D eigenvalue weighted by Crippen LogP contribution is -2.34. The molecule has 1 saturated heterocycles. The van der Waals surface area contributed by atoms with Crippen LogP contribution in [0, 0.1) is 23.5 Å². The van der Waals surface area contributed by atoms with Gasteiger partial charge in [0.2, 0.25) is 5.91 Å². The lowest BCUT2D eigenvalue weighted by molar-refractivity contribution is -0.136. The van der Waals surface area contributed by atoms with E-state index >= 15 is 0 Å². The van der Waals surface area contributed by atoms with Gasteiger partial charge in [0.15, 0.2) is 0 Å². The van der Waals surface area contributed by atoms with E-state index in [-0.39, 0.29) is 47.6 Å². The van der Waals surface area contributed by atoms with E-state index < -0.39 is 17.7 Å². The molecule has 0 bridgehead atoms. The van der Waals surface area contributed by atoms with Crippen molar-refractivity contribution < 1.29 is 27.8 Å². The fourth-order valence-electron chi connectivity index (χ4n) is 4.42. The molecule has 0 aromatic heterocycles. The number of nitrogens with one attached hydrogen (secondary N) is 1. The Bertz CT molecular complexity index is 964. The molecule has 2 amide bonds. The first-order chi connectivity index (χ1) is 15.3. The molecular formula is C24H26F2N2O4. The predicted molar refractivity (Wildman–Crippen MR) is 114 cm³/mol. The van der Waals surface area contributed by atoms with Gasteiger partial charge < -0.3 is 14.4 Å². The summed E-state index contributed by atoms with van der Waals surface area (Å²) < 4.78 is 39.8. The SMILES string of the molecule is CC(C)OC(=O)Nc1cc(F)c(C2[C@H]3CN(C(=O)COCc4ccccc4)C[C@@H]23)c(F)c1. The summed E-state index contributed by atoms with van der Waals surface area (Å²) in [5.74, 6) is -1.72. The second kappa shape index (κ2) is 9.24. The van der Waals surface area contributed by atoms with Gasteiger partial charge in [-0.05, 0) is 49.3 Å². The van der Waals surface area contributed by atoms with Crippen LogP contribution in [0.25, 0.3) is 0 Å². The summed E-state index contributed by atoms with van der Waals surface area (Å²) in [6, 6.07) is 11.8. The highest BCUT2D eigenvalue weighted by Gasteiger charge is 2.58. The first kappa shape index (κ1) is 22.2. The molecule has 2 fully saturated rings. The van der Waals surface area contributed by atoms with Crippen LogP contribution in [0.3, 0.4) is 0 Å². The Balaban J connectivity index is 1.29. The predicted octanol–water partition coefficient (Wildman–Crippen LogP) is 4.31. The summed E-state index contributed by atoms with van der Waals surface area (Å²) in [6.07, 6.45) is -1.11. The number of rotatable bonds is 7. The third-order valence-electron chi connectivity index (χ3n) is 5.89. The minimum atomic E-state index is -0.765. The Morgan fingerprint density at radius 2 is 1.72 bits per heavy atom. The maximum absolute atomic E-state index is 14.7. The number of likely N-dealkylation sites (tertiary alicyclic amines) is 1. The first-order valence-electron chi connectivity index (χ1n) is 10.7. The fourth-order valence-corrected chi connectivity index (χ4v) is 4.42. The number of carbonyl (C=O) groups excluding carboxylic acids is 2. The molecule has 1 N–H and O–H groups in total. The van der Waals surface area contributed by atoms with E-state index in [2.05, 4.69) is 5.32 Å². The second-order valence-corrected chi connectivity index (χ2v) is 8.56. The molecule has 8 heteroatoms. The van der Waals surface area contributed by atoms with Gasteiger partial charge in [0.1, 0.15) is 18.2 Å². The number of fused-ring (bicyclic) bond motifs is 1. The summed E-state index contributed by atoms with van der Waals surface area (Å²) in [5, 5.41) is 2.34. The number of hydrogen-bond donors (Lipinski definition) is 1. The summed E-state index contributed by atoms with van der Waals surface area (Å²) in [7, 11) is 0. The zero-order valence-corrected chi connectivity index (χ0v) is 18.0. The van der Waals surface area contributed by atoms with E-state index in [4.69, 9.17) is 9.47 Å². The van der Waals surface area contributed by atoms with E-state index in [9.17, 15) is 18.4 Å². The number of piperidine rings is 1. The largest absolute Gasteiger partial charge is 0.447 e. The lowest BCUT2D eigenvalue weighted by Gasteiger charge is -2.20. The maximum Gasteiger partial charge on any atom is 0.411 e. The van der Waals surface area contributed by atoms with Gasteiger partial charge in [-0.2, -0.15) is 0 Å². The van der Waals surface area contributed by atoms with Crippen molar-refractivity contribution in [3.05, 3.63) is 65.2 Å². The molecule has 1 aliphatic carbocycles. The second-order valence-electron chi connectivity index (χ2n) is 8.56. The average molecular weight is 444 g/mol. The Morgan fingerprint density at radius 3 is 2.31 bits per heavy atom. The van der Waals surface area contributed by atoms with Gasteiger partial charge in [0.05, 0.1) is 12.7 Å². The van der Waals surface area contributed by atoms with Crippen molar-refractivity contribution >= 4 is 17.7 Å². The molecule has 2 aromatic rings. The van der Waals surface area contributed by atoms with Crippen LogP contribution in [0.4, 0.5) is 19.3 Å². The minimum Gasteiger partial charge on any atom is -0.447 e. The molecule has 170 valence electrons. The monoisotopic (exact) mass is 444 g/mol. The molecule has 0 spiro atoms. The fraction of sp³-hybridized carbons (Fsp3) is 0.417. The van der Waals surface area contributed by atoms with Crippen LogP contribution in [0.1, 0.15) is 30.9 Å². The molecule has 0 radical (unpaired) electrons. The molecule has 3 atom stereocenters. The third kappa shape index (κ3) is 4.91. The van der Waals surface area contributed by atoms with Gasteiger partial charge in [0, 0.05) is 24.3 Å². The third-order valence-corrected chi connectivity index (χ3v) is 5.89. The van der Waals surface area contributed by atoms with Crippen molar-refractivity contribution in [1.82, 2.24) is 4.90 Å². The van der Waals surface area contributed by atoms with Crippen LogP contribution >= 0.6 is 0 Å². The Labute approximate surface area is 185 Å². The van der Waals surface area contributed by atoms with Gasteiger partial charge in [0.25, 0.3) is 0 Å². The van der Waals surface area contributed by atoms with Crippen molar-refractivity contribution in [2.24, 2.45) is 11.8 Å². The molecule has 6 nitrogen and oxygen atoms in total. The Morgan fingerprint density at radius 1 is 1.09 bits per heavy atom. The summed E-state index contributed by atoms with van der Waals surface area (Å²) in [4.78, 5) is 25.8. The Kier molecular flexibility index (Phi) is 6.41. The van der Waals surface area contributed by atoms with Crippen molar-refractivity contribution in [3.8, 4) is 0 Å². The van der Waals surface area contributed by atoms with Crippen LogP contribution in [0.15, 0.2) is 42.5 Å². The highest BCUT2D eigenvalue weighted by molar-refractivity contribution is 5.84. The number of nitrogens with zero attached hydrogens (tertiary/aromatic N) is 1. The van der Waals surface area contributed by atoms with Gasteiger partial charge in [-0.15, -0.1) is 0 Å². The zero-order valence-electron chi connectivity index (χ0n) is 18.0. The number of anilines is 1. The standard InChI is InChI=1S/C24H26F2N2O4/c1-14(2)32-24(30)27-16-8-19(25)23(20(26)9-16)22-17-10-28(11-18(17)22)21(29)13-31-12-15-6-4-3-5-7-15/h3-9,14,17-18,22H,10-13H2,1-2H3,(H,27,30)/t17-,18+,22?. The molecule has 2 aliphatic rings. The summed E-state index contributed by atoms with van der Waals surface area (Å²) in [6.45, 7) is 4.62. The van der Waals surface area contributed by atoms with E-state index in [1.165, 1.54) is 0 Å². The molecule has 1 heterocycles. The van der Waals surface area contributed by atoms with Gasteiger partial charge >= 0.3 is 6.09 Å². The van der Waals surface area contributed by atoms with E-state index in [0.29, 0.717) is 19.7 Å². The highest BCUT2D eigenvalue weighted by atomic mass is 19.1. The Hall–Kier alpha value is -3.00. The van der Waals surface area contributed by atoms with Crippen LogP contribution in [-0.2, 0) is 20.9 Å².